The minimum Gasteiger partial charge on any atom is -0.363 e. The van der Waals surface area contributed by atoms with Crippen LogP contribution < -0.4 is 11.1 Å². The molecule has 3 N–H and O–H groups in total. The van der Waals surface area contributed by atoms with Gasteiger partial charge in [0.1, 0.15) is 12.1 Å². The Morgan fingerprint density at radius 1 is 1.07 bits per heavy atom. The Balaban J connectivity index is 1.69. The highest BCUT2D eigenvalue weighted by atomic mass is 16.2. The van der Waals surface area contributed by atoms with Crippen LogP contribution >= 0.6 is 0 Å². The van der Waals surface area contributed by atoms with Gasteiger partial charge in [-0.1, -0.05) is 49.6 Å². The van der Waals surface area contributed by atoms with Crippen LogP contribution in [-0.2, 0) is 25.6 Å². The van der Waals surface area contributed by atoms with E-state index in [4.69, 9.17) is 5.73 Å². The Morgan fingerprint density at radius 3 is 2.41 bits per heavy atom. The van der Waals surface area contributed by atoms with Crippen LogP contribution in [0.25, 0.3) is 0 Å². The van der Waals surface area contributed by atoms with Crippen LogP contribution in [0.3, 0.4) is 0 Å². The Morgan fingerprint density at radius 2 is 1.76 bits per heavy atom. The summed E-state index contributed by atoms with van der Waals surface area (Å²) in [5.41, 5.74) is 6.00. The van der Waals surface area contributed by atoms with Gasteiger partial charge in [-0.3, -0.25) is 19.2 Å². The van der Waals surface area contributed by atoms with Crippen molar-refractivity contribution in [2.45, 2.75) is 63.5 Å². The number of ketones is 1. The number of carbonyl (C=O) groups excluding carboxylic acids is 4. The number of carbonyl (C=O) groups is 4. The molecule has 1 heterocycles. The highest BCUT2D eigenvalue weighted by molar-refractivity contribution is 6.37. The molecule has 2 aliphatic rings. The fourth-order valence-electron chi connectivity index (χ4n) is 4.38. The predicted octanol–water partition coefficient (Wildman–Crippen LogP) is 1.34. The van der Waals surface area contributed by atoms with E-state index >= 15 is 0 Å². The van der Waals surface area contributed by atoms with E-state index in [0.717, 1.165) is 31.2 Å². The average Bonchev–Trinajstić information content (AvgIpc) is 3.08. The number of hydrogen-bond acceptors (Lipinski definition) is 4. The maximum absolute atomic E-state index is 13.0. The van der Waals surface area contributed by atoms with Crippen LogP contribution in [0.4, 0.5) is 0 Å². The fraction of sp³-hybridized carbons (Fsp3) is 0.545. The smallest absolute Gasteiger partial charge is 0.287 e. The zero-order valence-corrected chi connectivity index (χ0v) is 16.6. The van der Waals surface area contributed by atoms with Crippen LogP contribution in [0.2, 0.25) is 0 Å². The Kier molecular flexibility index (Phi) is 7.01. The molecular weight excluding hydrogens is 370 g/mol. The summed E-state index contributed by atoms with van der Waals surface area (Å²) in [5.74, 6) is -1.88. The van der Waals surface area contributed by atoms with E-state index in [2.05, 4.69) is 5.32 Å². The quantitative estimate of drug-likeness (QED) is 0.643. The summed E-state index contributed by atoms with van der Waals surface area (Å²) in [6, 6.07) is 7.51. The second kappa shape index (κ2) is 9.67. The molecule has 29 heavy (non-hydrogen) atoms. The molecule has 1 aliphatic carbocycles. The molecule has 2 fully saturated rings. The van der Waals surface area contributed by atoms with Gasteiger partial charge in [0.25, 0.3) is 5.91 Å². The largest absolute Gasteiger partial charge is 0.363 e. The monoisotopic (exact) mass is 399 g/mol. The highest BCUT2D eigenvalue weighted by Crippen LogP contribution is 2.28. The van der Waals surface area contributed by atoms with E-state index in [-0.39, 0.29) is 18.2 Å². The number of hydrogen-bond donors (Lipinski definition) is 2. The first-order valence-corrected chi connectivity index (χ1v) is 10.4. The number of nitrogens with two attached hydrogens (primary N) is 1. The van der Waals surface area contributed by atoms with Gasteiger partial charge in [-0.2, -0.15) is 0 Å². The Bertz CT molecular complexity index is 759. The van der Waals surface area contributed by atoms with Gasteiger partial charge in [0.15, 0.2) is 0 Å². The number of primary amides is 1. The van der Waals surface area contributed by atoms with Crippen molar-refractivity contribution in [1.29, 1.82) is 0 Å². The lowest BCUT2D eigenvalue weighted by molar-refractivity contribution is -0.140. The minimum absolute atomic E-state index is 0.0171. The molecule has 1 saturated carbocycles. The van der Waals surface area contributed by atoms with Gasteiger partial charge >= 0.3 is 0 Å². The molecule has 1 saturated heterocycles. The first kappa shape index (κ1) is 21.0. The third kappa shape index (κ3) is 5.43. The average molecular weight is 399 g/mol. The van der Waals surface area contributed by atoms with Crippen molar-refractivity contribution in [3.05, 3.63) is 35.9 Å². The van der Waals surface area contributed by atoms with Crippen LogP contribution in [0.15, 0.2) is 30.3 Å². The molecule has 1 aromatic rings. The summed E-state index contributed by atoms with van der Waals surface area (Å²) < 4.78 is 0. The molecule has 1 aromatic carbocycles. The summed E-state index contributed by atoms with van der Waals surface area (Å²) >= 11 is 0. The first-order chi connectivity index (χ1) is 14.0. The summed E-state index contributed by atoms with van der Waals surface area (Å²) in [4.78, 5) is 50.8. The third-order valence-corrected chi connectivity index (χ3v) is 5.97. The molecule has 7 heteroatoms. The molecule has 156 valence electrons. The molecule has 1 unspecified atom stereocenters. The third-order valence-electron chi connectivity index (χ3n) is 5.97. The molecule has 3 amide bonds. The minimum atomic E-state index is -1.08. The van der Waals surface area contributed by atoms with Crippen molar-refractivity contribution in [3.63, 3.8) is 0 Å². The zero-order chi connectivity index (χ0) is 20.8. The normalized spacial score (nSPS) is 21.0. The molecular formula is C22H29N3O4. The van der Waals surface area contributed by atoms with Gasteiger partial charge < -0.3 is 16.0 Å². The molecule has 0 bridgehead atoms. The zero-order valence-electron chi connectivity index (χ0n) is 16.6. The SMILES string of the molecule is NC(=O)C(=O)C(Cc1ccccc1)NC(=O)[C@H]1CCC(=O)N1CC1CCCCC1. The van der Waals surface area contributed by atoms with Crippen LogP contribution in [0.5, 0.6) is 0 Å². The van der Waals surface area contributed by atoms with E-state index in [0.29, 0.717) is 25.3 Å². The highest BCUT2D eigenvalue weighted by Gasteiger charge is 2.39. The van der Waals surface area contributed by atoms with Crippen LogP contribution in [0, 0.1) is 5.92 Å². The van der Waals surface area contributed by atoms with E-state index in [9.17, 15) is 19.2 Å². The lowest BCUT2D eigenvalue weighted by Gasteiger charge is -2.31. The Hall–Kier alpha value is -2.70. The summed E-state index contributed by atoms with van der Waals surface area (Å²) in [7, 11) is 0. The lowest BCUT2D eigenvalue weighted by atomic mass is 9.89. The summed E-state index contributed by atoms with van der Waals surface area (Å²) in [5, 5.41) is 2.69. The van der Waals surface area contributed by atoms with Crippen molar-refractivity contribution in [2.75, 3.05) is 6.54 Å². The fourth-order valence-corrected chi connectivity index (χ4v) is 4.38. The predicted molar refractivity (Wildman–Crippen MR) is 108 cm³/mol. The summed E-state index contributed by atoms with van der Waals surface area (Å²) in [6.45, 7) is 0.587. The van der Waals surface area contributed by atoms with Crippen molar-refractivity contribution >= 4 is 23.5 Å². The number of nitrogens with zero attached hydrogens (tertiary/aromatic N) is 1. The molecule has 3 rings (SSSR count). The van der Waals surface area contributed by atoms with Gasteiger partial charge in [-0.15, -0.1) is 0 Å². The second-order valence-corrected chi connectivity index (χ2v) is 8.08. The van der Waals surface area contributed by atoms with Crippen LogP contribution in [-0.4, -0.2) is 47.0 Å². The number of rotatable bonds is 8. The van der Waals surface area contributed by atoms with E-state index in [1.165, 1.54) is 6.42 Å². The molecule has 0 aromatic heterocycles. The number of amides is 3. The molecule has 0 spiro atoms. The maximum atomic E-state index is 13.0. The van der Waals surface area contributed by atoms with Crippen molar-refractivity contribution in [3.8, 4) is 0 Å². The lowest BCUT2D eigenvalue weighted by Crippen LogP contribution is -2.53. The first-order valence-electron chi connectivity index (χ1n) is 10.4. The Labute approximate surface area is 171 Å². The molecule has 2 atom stereocenters. The molecule has 1 aliphatic heterocycles. The van der Waals surface area contributed by atoms with Gasteiger partial charge in [0, 0.05) is 19.4 Å². The van der Waals surface area contributed by atoms with E-state index in [1.807, 2.05) is 30.3 Å². The van der Waals surface area contributed by atoms with Gasteiger partial charge in [-0.25, -0.2) is 0 Å². The second-order valence-electron chi connectivity index (χ2n) is 8.08. The van der Waals surface area contributed by atoms with Gasteiger partial charge in [0.05, 0.1) is 0 Å². The number of benzene rings is 1. The van der Waals surface area contributed by atoms with Crippen molar-refractivity contribution in [2.24, 2.45) is 11.7 Å². The van der Waals surface area contributed by atoms with Crippen molar-refractivity contribution < 1.29 is 19.2 Å². The standard InChI is InChI=1S/C22H29N3O4/c23-21(28)20(27)17(13-15-7-3-1-4-8-15)24-22(29)18-11-12-19(26)25(18)14-16-9-5-2-6-10-16/h1,3-4,7-8,16-18H,2,5-6,9-14H2,(H2,23,28)(H,24,29)/t17?,18-/m1/s1. The molecule has 7 nitrogen and oxygen atoms in total. The summed E-state index contributed by atoms with van der Waals surface area (Å²) in [6.07, 6.45) is 6.65. The van der Waals surface area contributed by atoms with E-state index in [1.54, 1.807) is 4.90 Å². The molecule has 0 radical (unpaired) electrons. The van der Waals surface area contributed by atoms with Gasteiger partial charge in [-0.05, 0) is 30.7 Å². The van der Waals surface area contributed by atoms with Crippen LogP contribution in [0.1, 0.15) is 50.5 Å². The van der Waals surface area contributed by atoms with Crippen molar-refractivity contribution in [1.82, 2.24) is 10.2 Å². The number of Topliss-reactive ketones (excluding diaryl/α,β-unsaturated/α-hetero) is 1. The van der Waals surface area contributed by atoms with Gasteiger partial charge in [0.2, 0.25) is 17.6 Å². The topological polar surface area (TPSA) is 110 Å². The number of nitrogens with one attached hydrogen (secondary N) is 1. The van der Waals surface area contributed by atoms with E-state index < -0.39 is 23.8 Å². The number of likely N-dealkylation sites (tertiary alicyclic amines) is 1. The maximum Gasteiger partial charge on any atom is 0.287 e.